The molecular formula is C21H19F3N4O2. The van der Waals surface area contributed by atoms with E-state index >= 15 is 0 Å². The van der Waals surface area contributed by atoms with Gasteiger partial charge in [0.05, 0.1) is 35.4 Å². The van der Waals surface area contributed by atoms with Gasteiger partial charge in [0.25, 0.3) is 5.91 Å². The Labute approximate surface area is 171 Å². The number of benzene rings is 1. The van der Waals surface area contributed by atoms with Crippen LogP contribution in [-0.4, -0.2) is 49.0 Å². The van der Waals surface area contributed by atoms with Crippen molar-refractivity contribution in [1.29, 1.82) is 5.26 Å². The number of amides is 1. The first-order valence-electron chi connectivity index (χ1n) is 9.64. The zero-order valence-corrected chi connectivity index (χ0v) is 16.0. The molecule has 0 spiro atoms. The van der Waals surface area contributed by atoms with Gasteiger partial charge < -0.3 is 9.64 Å². The first-order valence-corrected chi connectivity index (χ1v) is 9.64. The molecule has 0 radical (unpaired) electrons. The van der Waals surface area contributed by atoms with Crippen molar-refractivity contribution >= 4 is 18.3 Å². The van der Waals surface area contributed by atoms with E-state index in [1.807, 2.05) is 0 Å². The van der Waals surface area contributed by atoms with Crippen molar-refractivity contribution in [3.8, 4) is 11.8 Å². The number of fused-ring (bicyclic) bond motifs is 1. The molecule has 1 saturated carbocycles. The molecule has 0 N–H and O–H groups in total. The lowest BCUT2D eigenvalue weighted by atomic mass is 10.0. The zero-order chi connectivity index (χ0) is 21.3. The Morgan fingerprint density at radius 1 is 1.23 bits per heavy atom. The van der Waals surface area contributed by atoms with E-state index in [9.17, 15) is 18.0 Å². The van der Waals surface area contributed by atoms with Crippen molar-refractivity contribution in [2.75, 3.05) is 19.6 Å². The van der Waals surface area contributed by atoms with Gasteiger partial charge in [-0.3, -0.25) is 14.8 Å². The van der Waals surface area contributed by atoms with Gasteiger partial charge in [0.1, 0.15) is 5.75 Å². The average Bonchev–Trinajstić information content (AvgIpc) is 3.13. The fraction of sp³-hybridized carbons (Fsp3) is 0.429. The molecule has 1 saturated heterocycles. The topological polar surface area (TPSA) is 78.0 Å². The van der Waals surface area contributed by atoms with E-state index in [1.54, 1.807) is 23.4 Å². The summed E-state index contributed by atoms with van der Waals surface area (Å²) in [6, 6.07) is 4.99. The Morgan fingerprint density at radius 3 is 2.63 bits per heavy atom. The van der Waals surface area contributed by atoms with Crippen LogP contribution in [0.3, 0.4) is 0 Å². The predicted molar refractivity (Wildman–Crippen MR) is 103 cm³/mol. The molecule has 30 heavy (non-hydrogen) atoms. The largest absolute Gasteiger partial charge is 0.490 e. The third kappa shape index (κ3) is 4.08. The van der Waals surface area contributed by atoms with Crippen LogP contribution >= 0.6 is 0 Å². The molecule has 9 heteroatoms. The van der Waals surface area contributed by atoms with Gasteiger partial charge in [0.2, 0.25) is 0 Å². The highest BCUT2D eigenvalue weighted by atomic mass is 19.4. The summed E-state index contributed by atoms with van der Waals surface area (Å²) >= 11 is 0. The molecule has 3 aliphatic rings. The molecule has 6 nitrogen and oxygen atoms in total. The summed E-state index contributed by atoms with van der Waals surface area (Å²) in [5.74, 6) is 0.487. The standard InChI is InChI=1S/C21H19F3N4O2/c22-21(23,24)19-7-17(2-1-13(19)8-25)30-18-5-14-11-28(12-15(14)6-18)20(29)16-9-26-3-4-27-10-16/h1-3,7,9-10,14-15,18H,4-6,11-12H2. The van der Waals surface area contributed by atoms with Gasteiger partial charge in [0.15, 0.2) is 0 Å². The van der Waals surface area contributed by atoms with E-state index in [-0.39, 0.29) is 29.6 Å². The molecule has 0 aromatic heterocycles. The number of nitrogens with zero attached hydrogens (tertiary/aromatic N) is 4. The Bertz CT molecular complexity index is 963. The van der Waals surface area contributed by atoms with Crippen molar-refractivity contribution in [3.05, 3.63) is 41.1 Å². The first-order chi connectivity index (χ1) is 14.3. The van der Waals surface area contributed by atoms with Crippen LogP contribution < -0.4 is 4.74 Å². The summed E-state index contributed by atoms with van der Waals surface area (Å²) in [6.45, 7) is 1.61. The molecule has 1 aromatic rings. The third-order valence-corrected chi connectivity index (χ3v) is 5.70. The van der Waals surface area contributed by atoms with Gasteiger partial charge in [-0.15, -0.1) is 0 Å². The lowest BCUT2D eigenvalue weighted by Gasteiger charge is -2.20. The molecule has 2 aliphatic heterocycles. The number of hydrogen-bond donors (Lipinski definition) is 0. The van der Waals surface area contributed by atoms with Gasteiger partial charge in [-0.25, -0.2) is 0 Å². The average molecular weight is 416 g/mol. The molecule has 2 unspecified atom stereocenters. The van der Waals surface area contributed by atoms with Crippen molar-refractivity contribution < 1.29 is 22.7 Å². The van der Waals surface area contributed by atoms with Crippen LogP contribution in [0.5, 0.6) is 5.75 Å². The number of carbonyl (C=O) groups is 1. The number of hydrogen-bond acceptors (Lipinski definition) is 5. The van der Waals surface area contributed by atoms with Gasteiger partial charge >= 0.3 is 6.18 Å². The molecule has 2 heterocycles. The maximum Gasteiger partial charge on any atom is 0.417 e. The minimum absolute atomic E-state index is 0.105. The summed E-state index contributed by atoms with van der Waals surface area (Å²) in [5.41, 5.74) is -0.958. The Hall–Kier alpha value is -3.15. The summed E-state index contributed by atoms with van der Waals surface area (Å²) in [5, 5.41) is 8.90. The number of aliphatic imine (C=N–C) groups is 2. The van der Waals surface area contributed by atoms with Gasteiger partial charge in [-0.2, -0.15) is 18.4 Å². The molecule has 156 valence electrons. The SMILES string of the molecule is N#Cc1ccc(OC2CC3CN(C(=O)C4=CN=CCN=C4)CC3C2)cc1C(F)(F)F. The number of rotatable bonds is 3. The van der Waals surface area contributed by atoms with Crippen molar-refractivity contribution in [2.45, 2.75) is 25.1 Å². The van der Waals surface area contributed by atoms with E-state index in [2.05, 4.69) is 9.98 Å². The predicted octanol–water partition coefficient (Wildman–Crippen LogP) is 3.23. The molecule has 2 atom stereocenters. The lowest BCUT2D eigenvalue weighted by Crippen LogP contribution is -2.32. The van der Waals surface area contributed by atoms with Gasteiger partial charge in [0, 0.05) is 31.7 Å². The zero-order valence-electron chi connectivity index (χ0n) is 16.0. The number of ether oxygens (including phenoxy) is 1. The van der Waals surface area contributed by atoms with Crippen LogP contribution in [0.25, 0.3) is 0 Å². The van der Waals surface area contributed by atoms with E-state index in [0.29, 0.717) is 38.0 Å². The molecular weight excluding hydrogens is 397 g/mol. The first kappa shape index (κ1) is 20.1. The summed E-state index contributed by atoms with van der Waals surface area (Å²) < 4.78 is 45.3. The quantitative estimate of drug-likeness (QED) is 0.759. The highest BCUT2D eigenvalue weighted by molar-refractivity contribution is 6.12. The van der Waals surface area contributed by atoms with Crippen LogP contribution in [-0.2, 0) is 11.0 Å². The number of alkyl halides is 3. The van der Waals surface area contributed by atoms with Crippen LogP contribution in [0, 0.1) is 23.2 Å². The van der Waals surface area contributed by atoms with Gasteiger partial charge in [-0.05, 0) is 42.9 Å². The lowest BCUT2D eigenvalue weighted by molar-refractivity contribution is -0.138. The second-order valence-electron chi connectivity index (χ2n) is 7.67. The Morgan fingerprint density at radius 2 is 1.97 bits per heavy atom. The summed E-state index contributed by atoms with van der Waals surface area (Å²) in [4.78, 5) is 22.6. The maximum absolute atomic E-state index is 13.1. The van der Waals surface area contributed by atoms with Crippen LogP contribution in [0.2, 0.25) is 0 Å². The fourth-order valence-corrected chi connectivity index (χ4v) is 4.33. The molecule has 2 fully saturated rings. The monoisotopic (exact) mass is 416 g/mol. The van der Waals surface area contributed by atoms with Crippen molar-refractivity contribution in [1.82, 2.24) is 4.90 Å². The van der Waals surface area contributed by atoms with Crippen LogP contribution in [0.4, 0.5) is 13.2 Å². The second-order valence-corrected chi connectivity index (χ2v) is 7.67. The number of halogens is 3. The Kier molecular flexibility index (Phi) is 5.33. The summed E-state index contributed by atoms with van der Waals surface area (Å²) in [6.07, 6.45) is 1.19. The van der Waals surface area contributed by atoms with E-state index in [4.69, 9.17) is 10.00 Å². The highest BCUT2D eigenvalue weighted by Gasteiger charge is 2.44. The molecule has 0 bridgehead atoms. The molecule has 1 amide bonds. The normalized spacial score (nSPS) is 25.5. The number of likely N-dealkylation sites (tertiary alicyclic amines) is 1. The third-order valence-electron chi connectivity index (χ3n) is 5.70. The second kappa shape index (κ2) is 7.94. The van der Waals surface area contributed by atoms with Crippen LogP contribution in [0.1, 0.15) is 24.0 Å². The minimum atomic E-state index is -4.61. The van der Waals surface area contributed by atoms with E-state index < -0.39 is 17.3 Å². The Balaban J connectivity index is 1.38. The van der Waals surface area contributed by atoms with Crippen LogP contribution in [0.15, 0.2) is 40.0 Å². The molecule has 1 aliphatic carbocycles. The molecule has 1 aromatic carbocycles. The van der Waals surface area contributed by atoms with Crippen molar-refractivity contribution in [2.24, 2.45) is 21.8 Å². The summed E-state index contributed by atoms with van der Waals surface area (Å²) in [7, 11) is 0. The fourth-order valence-electron chi connectivity index (χ4n) is 4.33. The van der Waals surface area contributed by atoms with E-state index in [1.165, 1.54) is 12.3 Å². The minimum Gasteiger partial charge on any atom is -0.490 e. The highest BCUT2D eigenvalue weighted by Crippen LogP contribution is 2.41. The van der Waals surface area contributed by atoms with Gasteiger partial charge in [-0.1, -0.05) is 0 Å². The van der Waals surface area contributed by atoms with Crippen molar-refractivity contribution in [3.63, 3.8) is 0 Å². The molecule has 4 rings (SSSR count). The maximum atomic E-state index is 13.1. The smallest absolute Gasteiger partial charge is 0.417 e. The number of carbonyl (C=O) groups excluding carboxylic acids is 1. The number of nitriles is 1. The van der Waals surface area contributed by atoms with E-state index in [0.717, 1.165) is 12.1 Å².